The molecule has 2 N–H and O–H groups in total. The smallest absolute Gasteiger partial charge is 0.293 e. The van der Waals surface area contributed by atoms with Crippen LogP contribution in [0.2, 0.25) is 0 Å². The van der Waals surface area contributed by atoms with Crippen LogP contribution in [0, 0.1) is 10.1 Å². The van der Waals surface area contributed by atoms with Gasteiger partial charge in [0.25, 0.3) is 11.6 Å². The van der Waals surface area contributed by atoms with Crippen molar-refractivity contribution in [3.05, 3.63) is 33.9 Å². The first kappa shape index (κ1) is 15.9. The summed E-state index contributed by atoms with van der Waals surface area (Å²) in [6, 6.07) is 4.52. The van der Waals surface area contributed by atoms with Crippen LogP contribution < -0.4 is 10.6 Å². The van der Waals surface area contributed by atoms with Crippen molar-refractivity contribution in [1.82, 2.24) is 4.90 Å². The number of benzene rings is 1. The van der Waals surface area contributed by atoms with Gasteiger partial charge in [0, 0.05) is 39.3 Å². The van der Waals surface area contributed by atoms with E-state index in [4.69, 9.17) is 5.73 Å². The minimum atomic E-state index is -0.472. The van der Waals surface area contributed by atoms with Gasteiger partial charge in [-0.2, -0.15) is 0 Å². The van der Waals surface area contributed by atoms with Gasteiger partial charge in [-0.15, -0.1) is 0 Å². The Balaban J connectivity index is 3.14. The number of amides is 1. The quantitative estimate of drug-likeness (QED) is 0.621. The molecule has 0 saturated heterocycles. The standard InChI is InChI=1S/C13H20N4O3/c1-15(2)13(18)10-5-6-11(12(9-10)17(19)20)16(3)8-4-7-14/h5-6,9H,4,7-8,14H2,1-3H3. The van der Waals surface area contributed by atoms with E-state index >= 15 is 0 Å². The lowest BCUT2D eigenvalue weighted by molar-refractivity contribution is -0.384. The highest BCUT2D eigenvalue weighted by Gasteiger charge is 2.20. The average Bonchev–Trinajstić information content (AvgIpc) is 2.42. The fourth-order valence-corrected chi connectivity index (χ4v) is 1.83. The van der Waals surface area contributed by atoms with Crippen molar-refractivity contribution in [2.45, 2.75) is 6.42 Å². The lowest BCUT2D eigenvalue weighted by Crippen LogP contribution is -2.24. The monoisotopic (exact) mass is 280 g/mol. The van der Waals surface area contributed by atoms with E-state index in [0.717, 1.165) is 6.42 Å². The normalized spacial score (nSPS) is 10.2. The second kappa shape index (κ2) is 6.85. The molecular weight excluding hydrogens is 260 g/mol. The van der Waals surface area contributed by atoms with Gasteiger partial charge in [-0.25, -0.2) is 0 Å². The molecule has 0 aliphatic rings. The third kappa shape index (κ3) is 3.67. The summed E-state index contributed by atoms with van der Waals surface area (Å²) in [7, 11) is 4.98. The highest BCUT2D eigenvalue weighted by atomic mass is 16.6. The fraction of sp³-hybridized carbons (Fsp3) is 0.462. The van der Waals surface area contributed by atoms with E-state index in [9.17, 15) is 14.9 Å². The molecule has 0 bridgehead atoms. The van der Waals surface area contributed by atoms with Crippen molar-refractivity contribution in [2.24, 2.45) is 5.73 Å². The second-order valence-electron chi connectivity index (χ2n) is 4.72. The molecule has 1 rings (SSSR count). The van der Waals surface area contributed by atoms with Crippen LogP contribution in [0.15, 0.2) is 18.2 Å². The summed E-state index contributed by atoms with van der Waals surface area (Å²) >= 11 is 0. The van der Waals surface area contributed by atoms with Crippen molar-refractivity contribution < 1.29 is 9.72 Å². The van der Waals surface area contributed by atoms with E-state index in [1.165, 1.54) is 11.0 Å². The van der Waals surface area contributed by atoms with Gasteiger partial charge in [0.05, 0.1) is 4.92 Å². The summed E-state index contributed by atoms with van der Waals surface area (Å²) in [5.74, 6) is -0.260. The van der Waals surface area contributed by atoms with Gasteiger partial charge in [-0.1, -0.05) is 0 Å². The molecule has 0 fully saturated rings. The Bertz CT molecular complexity index is 502. The summed E-state index contributed by atoms with van der Waals surface area (Å²) in [5.41, 5.74) is 6.16. The van der Waals surface area contributed by atoms with Crippen molar-refractivity contribution in [1.29, 1.82) is 0 Å². The number of anilines is 1. The van der Waals surface area contributed by atoms with Gasteiger partial charge in [0.2, 0.25) is 0 Å². The molecule has 0 spiro atoms. The first-order valence-corrected chi connectivity index (χ1v) is 6.29. The summed E-state index contributed by atoms with van der Waals surface area (Å²) in [4.78, 5) is 25.7. The Labute approximate surface area is 118 Å². The van der Waals surface area contributed by atoms with Gasteiger partial charge in [0.1, 0.15) is 5.69 Å². The van der Waals surface area contributed by atoms with E-state index in [1.807, 2.05) is 0 Å². The van der Waals surface area contributed by atoms with Gasteiger partial charge >= 0.3 is 0 Å². The molecular formula is C13H20N4O3. The van der Waals surface area contributed by atoms with Crippen molar-refractivity contribution in [2.75, 3.05) is 39.1 Å². The SMILES string of the molecule is CN(C)C(=O)c1ccc(N(C)CCCN)c([N+](=O)[O-])c1. The minimum Gasteiger partial charge on any atom is -0.369 e. The maximum absolute atomic E-state index is 11.8. The molecule has 0 unspecified atom stereocenters. The number of nitro groups is 1. The predicted molar refractivity (Wildman–Crippen MR) is 78.1 cm³/mol. The molecule has 1 aromatic carbocycles. The molecule has 7 nitrogen and oxygen atoms in total. The third-order valence-electron chi connectivity index (χ3n) is 2.93. The largest absolute Gasteiger partial charge is 0.369 e. The Kier molecular flexibility index (Phi) is 5.45. The first-order chi connectivity index (χ1) is 9.38. The van der Waals surface area contributed by atoms with Crippen LogP contribution in [0.1, 0.15) is 16.8 Å². The Morgan fingerprint density at radius 2 is 2.00 bits per heavy atom. The first-order valence-electron chi connectivity index (χ1n) is 6.29. The maximum Gasteiger partial charge on any atom is 0.293 e. The zero-order valence-electron chi connectivity index (χ0n) is 12.0. The van der Waals surface area contributed by atoms with Crippen LogP contribution in [-0.4, -0.2) is 50.0 Å². The number of carbonyl (C=O) groups is 1. The fourth-order valence-electron chi connectivity index (χ4n) is 1.83. The second-order valence-corrected chi connectivity index (χ2v) is 4.72. The molecule has 0 heterocycles. The van der Waals surface area contributed by atoms with Crippen molar-refractivity contribution in [3.8, 4) is 0 Å². The van der Waals surface area contributed by atoms with Crippen molar-refractivity contribution in [3.63, 3.8) is 0 Å². The van der Waals surface area contributed by atoms with Gasteiger partial charge < -0.3 is 15.5 Å². The van der Waals surface area contributed by atoms with Crippen LogP contribution in [-0.2, 0) is 0 Å². The Morgan fingerprint density at radius 3 is 2.50 bits per heavy atom. The molecule has 7 heteroatoms. The summed E-state index contributed by atoms with van der Waals surface area (Å²) < 4.78 is 0. The lowest BCUT2D eigenvalue weighted by Gasteiger charge is -2.19. The van der Waals surface area contributed by atoms with E-state index in [2.05, 4.69) is 0 Å². The van der Waals surface area contributed by atoms with Gasteiger partial charge in [-0.05, 0) is 25.1 Å². The van der Waals surface area contributed by atoms with Gasteiger partial charge in [0.15, 0.2) is 0 Å². The summed E-state index contributed by atoms with van der Waals surface area (Å²) in [5, 5.41) is 11.2. The van der Waals surface area contributed by atoms with E-state index < -0.39 is 4.92 Å². The topological polar surface area (TPSA) is 92.7 Å². The molecule has 110 valence electrons. The molecule has 1 amide bonds. The molecule has 0 aromatic heterocycles. The average molecular weight is 280 g/mol. The summed E-state index contributed by atoms with van der Waals surface area (Å²) in [6.45, 7) is 1.15. The highest BCUT2D eigenvalue weighted by Crippen LogP contribution is 2.28. The van der Waals surface area contributed by atoms with Crippen LogP contribution in [0.5, 0.6) is 0 Å². The molecule has 0 saturated carbocycles. The molecule has 0 aliphatic carbocycles. The third-order valence-corrected chi connectivity index (χ3v) is 2.93. The van der Waals surface area contributed by atoms with E-state index in [0.29, 0.717) is 24.3 Å². The van der Waals surface area contributed by atoms with Crippen molar-refractivity contribution >= 4 is 17.3 Å². The zero-order valence-corrected chi connectivity index (χ0v) is 12.0. The molecule has 0 atom stereocenters. The molecule has 0 aliphatic heterocycles. The predicted octanol–water partition coefficient (Wildman–Crippen LogP) is 1.08. The number of nitrogens with two attached hydrogens (primary N) is 1. The minimum absolute atomic E-state index is 0.0720. The summed E-state index contributed by atoms with van der Waals surface area (Å²) in [6.07, 6.45) is 0.742. The number of nitro benzene ring substituents is 1. The van der Waals surface area contributed by atoms with Crippen LogP contribution >= 0.6 is 0 Å². The highest BCUT2D eigenvalue weighted by molar-refractivity contribution is 5.95. The number of rotatable bonds is 6. The van der Waals surface area contributed by atoms with Crippen LogP contribution in [0.4, 0.5) is 11.4 Å². The number of nitrogens with zero attached hydrogens (tertiary/aromatic N) is 3. The number of carbonyl (C=O) groups excluding carboxylic acids is 1. The number of hydrogen-bond donors (Lipinski definition) is 1. The maximum atomic E-state index is 11.8. The molecule has 20 heavy (non-hydrogen) atoms. The Morgan fingerprint density at radius 1 is 1.35 bits per heavy atom. The lowest BCUT2D eigenvalue weighted by atomic mass is 10.1. The Hall–Kier alpha value is -2.15. The van der Waals surface area contributed by atoms with Crippen LogP contribution in [0.25, 0.3) is 0 Å². The molecule has 0 radical (unpaired) electrons. The van der Waals surface area contributed by atoms with E-state index in [1.54, 1.807) is 38.2 Å². The molecule has 1 aromatic rings. The van der Waals surface area contributed by atoms with E-state index in [-0.39, 0.29) is 11.6 Å². The van der Waals surface area contributed by atoms with Crippen LogP contribution in [0.3, 0.4) is 0 Å². The number of hydrogen-bond acceptors (Lipinski definition) is 5. The zero-order chi connectivity index (χ0) is 15.3. The van der Waals surface area contributed by atoms with Gasteiger partial charge in [-0.3, -0.25) is 14.9 Å².